The van der Waals surface area contributed by atoms with E-state index in [9.17, 15) is 14.0 Å². The van der Waals surface area contributed by atoms with E-state index in [-0.39, 0.29) is 16.4 Å². The van der Waals surface area contributed by atoms with Gasteiger partial charge in [-0.3, -0.25) is 19.8 Å². The summed E-state index contributed by atoms with van der Waals surface area (Å²) in [6, 6.07) is 15.9. The molecule has 2 amide bonds. The summed E-state index contributed by atoms with van der Waals surface area (Å²) in [7, 11) is 0. The molecule has 0 saturated carbocycles. The van der Waals surface area contributed by atoms with E-state index in [1.807, 2.05) is 19.9 Å². The lowest BCUT2D eigenvalue weighted by Gasteiger charge is -2.28. The van der Waals surface area contributed by atoms with Gasteiger partial charge in [0.2, 0.25) is 0 Å². The van der Waals surface area contributed by atoms with Crippen LogP contribution in [0.1, 0.15) is 42.3 Å². The van der Waals surface area contributed by atoms with Crippen molar-refractivity contribution in [3.05, 3.63) is 88.5 Å². The molecule has 0 aliphatic carbocycles. The number of benzene rings is 2. The van der Waals surface area contributed by atoms with Crippen LogP contribution in [0.15, 0.2) is 60.2 Å². The van der Waals surface area contributed by atoms with Crippen molar-refractivity contribution >= 4 is 40.9 Å². The van der Waals surface area contributed by atoms with E-state index in [4.69, 9.17) is 12.2 Å². The van der Waals surface area contributed by atoms with E-state index >= 15 is 0 Å². The molecule has 0 atom stereocenters. The average Bonchev–Trinajstić information content (AvgIpc) is 3.08. The van der Waals surface area contributed by atoms with Crippen molar-refractivity contribution in [3.63, 3.8) is 0 Å². The van der Waals surface area contributed by atoms with E-state index < -0.39 is 17.6 Å². The lowest BCUT2D eigenvalue weighted by atomic mass is 10.1. The van der Waals surface area contributed by atoms with Gasteiger partial charge in [-0.15, -0.1) is 0 Å². The van der Waals surface area contributed by atoms with Gasteiger partial charge in [0.05, 0.1) is 5.69 Å². The van der Waals surface area contributed by atoms with Crippen LogP contribution in [0.2, 0.25) is 0 Å². The van der Waals surface area contributed by atoms with Crippen molar-refractivity contribution in [1.29, 1.82) is 0 Å². The van der Waals surface area contributed by atoms with E-state index in [0.717, 1.165) is 46.8 Å². The van der Waals surface area contributed by atoms with Crippen LogP contribution < -0.4 is 10.2 Å². The van der Waals surface area contributed by atoms with Crippen LogP contribution in [-0.2, 0) is 16.0 Å². The number of aromatic nitrogens is 1. The van der Waals surface area contributed by atoms with Gasteiger partial charge in [0.15, 0.2) is 5.11 Å². The Hall–Kier alpha value is -3.58. The molecular weight excluding hydrogens is 449 g/mol. The summed E-state index contributed by atoms with van der Waals surface area (Å²) >= 11 is 5.19. The molecular formula is C27H26FN3O2S. The van der Waals surface area contributed by atoms with Crippen LogP contribution in [0.5, 0.6) is 0 Å². The molecule has 0 bridgehead atoms. The second-order valence-electron chi connectivity index (χ2n) is 8.37. The molecule has 1 aliphatic heterocycles. The van der Waals surface area contributed by atoms with Gasteiger partial charge < -0.3 is 4.57 Å². The average molecular weight is 476 g/mol. The van der Waals surface area contributed by atoms with Gasteiger partial charge in [0.25, 0.3) is 11.8 Å². The Labute approximate surface area is 203 Å². The Kier molecular flexibility index (Phi) is 6.75. The second-order valence-corrected chi connectivity index (χ2v) is 8.76. The highest BCUT2D eigenvalue weighted by molar-refractivity contribution is 7.80. The zero-order valence-corrected chi connectivity index (χ0v) is 20.2. The SMILES string of the molecule is CCCCc1ccc(-n2c(C)cc(/C=C3\C(=O)NC(=S)N(c4cccc(F)c4)C3=O)c2C)cc1. The van der Waals surface area contributed by atoms with E-state index in [2.05, 4.69) is 41.1 Å². The summed E-state index contributed by atoms with van der Waals surface area (Å²) in [5.74, 6) is -1.67. The Morgan fingerprint density at radius 1 is 1.03 bits per heavy atom. The maximum atomic E-state index is 13.8. The van der Waals surface area contributed by atoms with Crippen molar-refractivity contribution in [2.75, 3.05) is 4.90 Å². The number of thiocarbonyl (C=S) groups is 1. The molecule has 1 N–H and O–H groups in total. The third-order valence-corrected chi connectivity index (χ3v) is 6.24. The molecule has 174 valence electrons. The fourth-order valence-electron chi connectivity index (χ4n) is 4.19. The van der Waals surface area contributed by atoms with Crippen LogP contribution in [0.3, 0.4) is 0 Å². The molecule has 2 heterocycles. The predicted octanol–water partition coefficient (Wildman–Crippen LogP) is 5.41. The van der Waals surface area contributed by atoms with Crippen molar-refractivity contribution in [1.82, 2.24) is 9.88 Å². The quantitative estimate of drug-likeness (QED) is 0.295. The minimum absolute atomic E-state index is 0.0620. The Morgan fingerprint density at radius 3 is 2.44 bits per heavy atom. The largest absolute Gasteiger partial charge is 0.318 e. The molecule has 0 unspecified atom stereocenters. The second kappa shape index (κ2) is 9.73. The van der Waals surface area contributed by atoms with Crippen molar-refractivity contribution < 1.29 is 14.0 Å². The van der Waals surface area contributed by atoms with Crippen LogP contribution in [-0.4, -0.2) is 21.5 Å². The standard InChI is InChI=1S/C27H26FN3O2S/c1-4-5-7-19-10-12-22(13-11-19)30-17(2)14-20(18(30)3)15-24-25(32)29-27(34)31(26(24)33)23-9-6-8-21(28)16-23/h6,8-16H,4-5,7H2,1-3H3,(H,29,32,34)/b24-15+. The van der Waals surface area contributed by atoms with Crippen molar-refractivity contribution in [2.45, 2.75) is 40.0 Å². The molecule has 1 aromatic heterocycles. The number of nitrogens with one attached hydrogen (secondary N) is 1. The maximum absolute atomic E-state index is 13.8. The number of amides is 2. The monoisotopic (exact) mass is 475 g/mol. The summed E-state index contributed by atoms with van der Waals surface area (Å²) < 4.78 is 15.9. The molecule has 34 heavy (non-hydrogen) atoms. The van der Waals surface area contributed by atoms with Gasteiger partial charge in [-0.2, -0.15) is 0 Å². The number of carbonyl (C=O) groups is 2. The Morgan fingerprint density at radius 2 is 1.76 bits per heavy atom. The molecule has 1 aliphatic rings. The molecule has 4 rings (SSSR count). The normalized spacial score (nSPS) is 15.2. The number of anilines is 1. The minimum atomic E-state index is -0.593. The number of carbonyl (C=O) groups excluding carboxylic acids is 2. The van der Waals surface area contributed by atoms with Crippen LogP contribution >= 0.6 is 12.2 Å². The Balaban J connectivity index is 1.69. The lowest BCUT2D eigenvalue weighted by Crippen LogP contribution is -2.54. The first-order valence-electron chi connectivity index (χ1n) is 11.3. The summed E-state index contributed by atoms with van der Waals surface area (Å²) in [4.78, 5) is 27.0. The highest BCUT2D eigenvalue weighted by Crippen LogP contribution is 2.26. The fraction of sp³-hybridized carbons (Fsp3) is 0.222. The zero-order chi connectivity index (χ0) is 24.4. The predicted molar refractivity (Wildman–Crippen MR) is 136 cm³/mol. The molecule has 0 spiro atoms. The fourth-order valence-corrected chi connectivity index (χ4v) is 4.47. The maximum Gasteiger partial charge on any atom is 0.270 e. The third-order valence-electron chi connectivity index (χ3n) is 5.95. The molecule has 1 saturated heterocycles. The van der Waals surface area contributed by atoms with Crippen LogP contribution in [0.4, 0.5) is 10.1 Å². The minimum Gasteiger partial charge on any atom is -0.318 e. The number of rotatable bonds is 6. The van der Waals surface area contributed by atoms with Gasteiger partial charge >= 0.3 is 0 Å². The first kappa shape index (κ1) is 23.6. The molecule has 7 heteroatoms. The van der Waals surface area contributed by atoms with Gasteiger partial charge in [-0.05, 0) is 92.5 Å². The van der Waals surface area contributed by atoms with Gasteiger partial charge in [0.1, 0.15) is 11.4 Å². The van der Waals surface area contributed by atoms with Crippen molar-refractivity contribution in [3.8, 4) is 5.69 Å². The van der Waals surface area contributed by atoms with Crippen molar-refractivity contribution in [2.24, 2.45) is 0 Å². The molecule has 1 fully saturated rings. The molecule has 2 aromatic carbocycles. The van der Waals surface area contributed by atoms with Crippen LogP contribution in [0.25, 0.3) is 11.8 Å². The van der Waals surface area contributed by atoms with E-state index in [1.165, 1.54) is 23.8 Å². The topological polar surface area (TPSA) is 54.3 Å². The van der Waals surface area contributed by atoms with Gasteiger partial charge in [0, 0.05) is 17.1 Å². The third kappa shape index (κ3) is 4.56. The summed E-state index contributed by atoms with van der Waals surface area (Å²) in [5.41, 5.74) is 5.14. The summed E-state index contributed by atoms with van der Waals surface area (Å²) in [6.45, 7) is 6.11. The molecule has 5 nitrogen and oxygen atoms in total. The van der Waals surface area contributed by atoms with Gasteiger partial charge in [-0.1, -0.05) is 31.5 Å². The highest BCUT2D eigenvalue weighted by atomic mass is 32.1. The van der Waals surface area contributed by atoms with Gasteiger partial charge in [-0.25, -0.2) is 4.39 Å². The van der Waals surface area contributed by atoms with Crippen LogP contribution in [0, 0.1) is 19.7 Å². The molecule has 0 radical (unpaired) electrons. The smallest absolute Gasteiger partial charge is 0.270 e. The number of hydrogen-bond donors (Lipinski definition) is 1. The number of halogens is 1. The van der Waals surface area contributed by atoms with E-state index in [0.29, 0.717) is 0 Å². The molecule has 3 aromatic rings. The summed E-state index contributed by atoms with van der Waals surface area (Å²) in [6.07, 6.45) is 4.94. The number of nitrogens with zero attached hydrogens (tertiary/aromatic N) is 2. The first-order chi connectivity index (χ1) is 16.3. The first-order valence-corrected chi connectivity index (χ1v) is 11.7. The number of aryl methyl sites for hydroxylation is 2. The lowest BCUT2D eigenvalue weighted by molar-refractivity contribution is -0.122. The number of hydrogen-bond acceptors (Lipinski definition) is 3. The Bertz CT molecular complexity index is 1310. The summed E-state index contributed by atoms with van der Waals surface area (Å²) in [5, 5.41) is 2.47. The number of unbranched alkanes of at least 4 members (excludes halogenated alkanes) is 1. The van der Waals surface area contributed by atoms with E-state index in [1.54, 1.807) is 12.1 Å². The highest BCUT2D eigenvalue weighted by Gasteiger charge is 2.34. The zero-order valence-electron chi connectivity index (χ0n) is 19.4.